The molecule has 0 bridgehead atoms. The maximum absolute atomic E-state index is 12.1. The number of amides is 1. The van der Waals surface area contributed by atoms with Crippen molar-refractivity contribution in [3.8, 4) is 11.5 Å². The summed E-state index contributed by atoms with van der Waals surface area (Å²) in [5.41, 5.74) is 1.65. The van der Waals surface area contributed by atoms with Crippen LogP contribution in [0.1, 0.15) is 22.8 Å². The van der Waals surface area contributed by atoms with Gasteiger partial charge in [0.15, 0.2) is 11.5 Å². The number of benzene rings is 2. The number of carbonyl (C=O) groups excluding carboxylic acids is 2. The Morgan fingerprint density at radius 2 is 1.85 bits per heavy atom. The number of halogens is 1. The first kappa shape index (κ1) is 20.3. The van der Waals surface area contributed by atoms with Gasteiger partial charge in [0.25, 0.3) is 0 Å². The van der Waals surface area contributed by atoms with E-state index in [9.17, 15) is 9.59 Å². The maximum Gasteiger partial charge on any atom is 0.337 e. The number of esters is 1. The molecule has 2 rings (SSSR count). The predicted octanol–water partition coefficient (Wildman–Crippen LogP) is 4.19. The standard InChI is InChI=1S/C20H20ClNO5/c1-4-27-19-16(21)11-13(12-17(19)25-2)5-10-18(23)22-15-8-6-14(7-9-15)20(24)26-3/h5-12H,4H2,1-3H3,(H,22,23)/b10-5+. The van der Waals surface area contributed by atoms with Crippen LogP contribution in [-0.4, -0.2) is 32.7 Å². The number of hydrogen-bond acceptors (Lipinski definition) is 5. The molecule has 0 aliphatic rings. The van der Waals surface area contributed by atoms with Crippen LogP contribution in [0.25, 0.3) is 6.08 Å². The molecule has 142 valence electrons. The fourth-order valence-electron chi connectivity index (χ4n) is 2.28. The van der Waals surface area contributed by atoms with E-state index in [0.717, 1.165) is 0 Å². The van der Waals surface area contributed by atoms with Crippen molar-refractivity contribution in [2.75, 3.05) is 26.1 Å². The number of hydrogen-bond donors (Lipinski definition) is 1. The number of rotatable bonds is 7. The molecule has 0 saturated heterocycles. The summed E-state index contributed by atoms with van der Waals surface area (Å²) >= 11 is 6.21. The molecule has 0 atom stereocenters. The Morgan fingerprint density at radius 1 is 1.15 bits per heavy atom. The van der Waals surface area contributed by atoms with E-state index >= 15 is 0 Å². The summed E-state index contributed by atoms with van der Waals surface area (Å²) in [5, 5.41) is 3.10. The van der Waals surface area contributed by atoms with E-state index in [0.29, 0.717) is 39.9 Å². The van der Waals surface area contributed by atoms with Crippen LogP contribution in [0.15, 0.2) is 42.5 Å². The van der Waals surface area contributed by atoms with Gasteiger partial charge in [-0.1, -0.05) is 11.6 Å². The fraction of sp³-hybridized carbons (Fsp3) is 0.200. The number of anilines is 1. The molecule has 2 aromatic rings. The van der Waals surface area contributed by atoms with E-state index in [4.69, 9.17) is 21.1 Å². The van der Waals surface area contributed by atoms with Crippen LogP contribution in [0.4, 0.5) is 5.69 Å². The summed E-state index contributed by atoms with van der Waals surface area (Å²) in [6, 6.07) is 9.80. The summed E-state index contributed by atoms with van der Waals surface area (Å²) in [6.45, 7) is 2.31. The third-order valence-corrected chi connectivity index (χ3v) is 3.82. The number of nitrogens with one attached hydrogen (secondary N) is 1. The molecule has 27 heavy (non-hydrogen) atoms. The van der Waals surface area contributed by atoms with Crippen LogP contribution < -0.4 is 14.8 Å². The van der Waals surface area contributed by atoms with E-state index in [1.165, 1.54) is 20.3 Å². The molecule has 0 aliphatic heterocycles. The topological polar surface area (TPSA) is 73.9 Å². The van der Waals surface area contributed by atoms with Gasteiger partial charge in [-0.3, -0.25) is 4.79 Å². The van der Waals surface area contributed by atoms with Crippen molar-refractivity contribution in [1.29, 1.82) is 0 Å². The lowest BCUT2D eigenvalue weighted by Crippen LogP contribution is -2.08. The van der Waals surface area contributed by atoms with Crippen molar-refractivity contribution < 1.29 is 23.8 Å². The molecule has 0 unspecified atom stereocenters. The molecule has 2 aromatic carbocycles. The summed E-state index contributed by atoms with van der Waals surface area (Å²) in [5.74, 6) is 0.190. The molecule has 0 radical (unpaired) electrons. The first-order chi connectivity index (χ1) is 13.0. The minimum Gasteiger partial charge on any atom is -0.493 e. The molecule has 1 amide bonds. The molecule has 0 saturated carbocycles. The Bertz CT molecular complexity index is 846. The van der Waals surface area contributed by atoms with Crippen LogP contribution in [-0.2, 0) is 9.53 Å². The van der Waals surface area contributed by atoms with E-state index in [2.05, 4.69) is 10.1 Å². The lowest BCUT2D eigenvalue weighted by molar-refractivity contribution is -0.111. The molecule has 0 heterocycles. The zero-order valence-electron chi connectivity index (χ0n) is 15.2. The molecule has 0 aliphatic carbocycles. The average Bonchev–Trinajstić information content (AvgIpc) is 2.68. The van der Waals surface area contributed by atoms with Crippen LogP contribution >= 0.6 is 11.6 Å². The van der Waals surface area contributed by atoms with Crippen molar-refractivity contribution >= 4 is 35.2 Å². The summed E-state index contributed by atoms with van der Waals surface area (Å²) in [4.78, 5) is 23.5. The van der Waals surface area contributed by atoms with E-state index in [-0.39, 0.29) is 5.91 Å². The van der Waals surface area contributed by atoms with Crippen molar-refractivity contribution in [3.05, 3.63) is 58.6 Å². The summed E-state index contributed by atoms with van der Waals surface area (Å²) in [7, 11) is 2.83. The van der Waals surface area contributed by atoms with Gasteiger partial charge in [-0.2, -0.15) is 0 Å². The van der Waals surface area contributed by atoms with Gasteiger partial charge in [0.05, 0.1) is 31.4 Å². The summed E-state index contributed by atoms with van der Waals surface area (Å²) in [6.07, 6.45) is 2.99. The SMILES string of the molecule is CCOc1c(Cl)cc(/C=C/C(=O)Nc2ccc(C(=O)OC)cc2)cc1OC. The molecular weight excluding hydrogens is 370 g/mol. The molecule has 1 N–H and O–H groups in total. The molecule has 0 spiro atoms. The van der Waals surface area contributed by atoms with Gasteiger partial charge in [0.2, 0.25) is 5.91 Å². The fourth-order valence-corrected chi connectivity index (χ4v) is 2.56. The second kappa shape index (κ2) is 9.64. The Kier molecular flexibility index (Phi) is 7.25. The van der Waals surface area contributed by atoms with Gasteiger partial charge < -0.3 is 19.5 Å². The summed E-state index contributed by atoms with van der Waals surface area (Å²) < 4.78 is 15.4. The van der Waals surface area contributed by atoms with Crippen molar-refractivity contribution in [1.82, 2.24) is 0 Å². The minimum absolute atomic E-state index is 0.329. The van der Waals surface area contributed by atoms with E-state index in [1.807, 2.05) is 6.92 Å². The zero-order chi connectivity index (χ0) is 19.8. The van der Waals surface area contributed by atoms with Gasteiger partial charge in [0, 0.05) is 11.8 Å². The average molecular weight is 390 g/mol. The van der Waals surface area contributed by atoms with Gasteiger partial charge in [-0.15, -0.1) is 0 Å². The second-order valence-electron chi connectivity index (χ2n) is 5.36. The highest BCUT2D eigenvalue weighted by molar-refractivity contribution is 6.32. The third-order valence-electron chi connectivity index (χ3n) is 3.54. The van der Waals surface area contributed by atoms with Gasteiger partial charge >= 0.3 is 5.97 Å². The Balaban J connectivity index is 2.08. The van der Waals surface area contributed by atoms with Crippen molar-refractivity contribution in [2.45, 2.75) is 6.92 Å². The van der Waals surface area contributed by atoms with Crippen molar-refractivity contribution in [2.24, 2.45) is 0 Å². The highest BCUT2D eigenvalue weighted by atomic mass is 35.5. The third kappa shape index (κ3) is 5.49. The molecule has 0 aromatic heterocycles. The Hall–Kier alpha value is -2.99. The second-order valence-corrected chi connectivity index (χ2v) is 5.77. The lowest BCUT2D eigenvalue weighted by atomic mass is 10.1. The normalized spacial score (nSPS) is 10.5. The van der Waals surface area contributed by atoms with E-state index in [1.54, 1.807) is 42.5 Å². The number of ether oxygens (including phenoxy) is 3. The maximum atomic E-state index is 12.1. The van der Waals surface area contributed by atoms with Gasteiger partial charge in [-0.05, 0) is 55.0 Å². The monoisotopic (exact) mass is 389 g/mol. The zero-order valence-corrected chi connectivity index (χ0v) is 16.0. The lowest BCUT2D eigenvalue weighted by Gasteiger charge is -2.11. The largest absolute Gasteiger partial charge is 0.493 e. The first-order valence-corrected chi connectivity index (χ1v) is 8.54. The number of carbonyl (C=O) groups is 2. The van der Waals surface area contributed by atoms with E-state index < -0.39 is 5.97 Å². The Morgan fingerprint density at radius 3 is 2.44 bits per heavy atom. The first-order valence-electron chi connectivity index (χ1n) is 8.16. The molecule has 6 nitrogen and oxygen atoms in total. The Labute approximate surface area is 162 Å². The number of methoxy groups -OCH3 is 2. The van der Waals surface area contributed by atoms with Crippen LogP contribution in [0, 0.1) is 0 Å². The van der Waals surface area contributed by atoms with Gasteiger partial charge in [0.1, 0.15) is 0 Å². The minimum atomic E-state index is -0.436. The molecule has 0 fully saturated rings. The van der Waals surface area contributed by atoms with Gasteiger partial charge in [-0.25, -0.2) is 4.79 Å². The highest BCUT2D eigenvalue weighted by Crippen LogP contribution is 2.36. The quantitative estimate of drug-likeness (QED) is 0.567. The molecular formula is C20H20ClNO5. The smallest absolute Gasteiger partial charge is 0.337 e. The van der Waals surface area contributed by atoms with Crippen LogP contribution in [0.3, 0.4) is 0 Å². The van der Waals surface area contributed by atoms with Crippen molar-refractivity contribution in [3.63, 3.8) is 0 Å². The highest BCUT2D eigenvalue weighted by Gasteiger charge is 2.11. The van der Waals surface area contributed by atoms with Crippen LogP contribution in [0.5, 0.6) is 11.5 Å². The van der Waals surface area contributed by atoms with Crippen LogP contribution in [0.2, 0.25) is 5.02 Å². The molecule has 7 heteroatoms. The predicted molar refractivity (Wildman–Crippen MR) is 105 cm³/mol.